The number of hydrogen-bond donors (Lipinski definition) is 1. The first-order valence-corrected chi connectivity index (χ1v) is 9.79. The van der Waals surface area contributed by atoms with Crippen molar-refractivity contribution in [3.63, 3.8) is 0 Å². The van der Waals surface area contributed by atoms with Crippen molar-refractivity contribution in [3.05, 3.63) is 34.1 Å². The van der Waals surface area contributed by atoms with Crippen LogP contribution >= 0.6 is 23.1 Å². The number of aryl methyl sites for hydroxylation is 2. The number of allylic oxidation sites excluding steroid dienone is 1. The van der Waals surface area contributed by atoms with Crippen molar-refractivity contribution in [1.82, 2.24) is 25.1 Å². The molecule has 2 aromatic rings. The van der Waals surface area contributed by atoms with Crippen molar-refractivity contribution in [1.29, 1.82) is 0 Å². The first-order chi connectivity index (χ1) is 11.2. The maximum atomic E-state index is 4.61. The summed E-state index contributed by atoms with van der Waals surface area (Å²) in [6, 6.07) is 0. The molecule has 0 aromatic carbocycles. The summed E-state index contributed by atoms with van der Waals surface area (Å²) >= 11 is 3.48. The quantitative estimate of drug-likeness (QED) is 0.640. The molecule has 0 saturated carbocycles. The summed E-state index contributed by atoms with van der Waals surface area (Å²) < 4.78 is 2.22. The van der Waals surface area contributed by atoms with Crippen molar-refractivity contribution in [3.8, 4) is 0 Å². The number of nitrogens with one attached hydrogen (secondary N) is 1. The molecule has 0 spiro atoms. The van der Waals surface area contributed by atoms with E-state index in [0.717, 1.165) is 59.9 Å². The molecule has 0 radical (unpaired) electrons. The second kappa shape index (κ2) is 7.59. The van der Waals surface area contributed by atoms with Crippen LogP contribution in [0.3, 0.4) is 0 Å². The van der Waals surface area contributed by atoms with Gasteiger partial charge in [0.2, 0.25) is 0 Å². The van der Waals surface area contributed by atoms with Gasteiger partial charge in [-0.3, -0.25) is 0 Å². The van der Waals surface area contributed by atoms with Crippen molar-refractivity contribution in [2.75, 3.05) is 13.1 Å². The van der Waals surface area contributed by atoms with Gasteiger partial charge in [-0.15, -0.1) is 28.1 Å². The molecule has 1 N–H and O–H groups in total. The van der Waals surface area contributed by atoms with Crippen molar-refractivity contribution < 1.29 is 0 Å². The Balaban J connectivity index is 1.77. The van der Waals surface area contributed by atoms with Crippen molar-refractivity contribution in [2.24, 2.45) is 0 Å². The summed E-state index contributed by atoms with van der Waals surface area (Å²) in [5.74, 6) is 2.46. The number of hydrogen-bond acceptors (Lipinski definition) is 6. The Morgan fingerprint density at radius 3 is 2.78 bits per heavy atom. The number of nitrogens with zero attached hydrogens (tertiary/aromatic N) is 4. The minimum absolute atomic E-state index is 0.501. The number of thiazole rings is 1. The highest BCUT2D eigenvalue weighted by atomic mass is 32.2. The van der Waals surface area contributed by atoms with Gasteiger partial charge in [0.05, 0.1) is 10.7 Å². The lowest BCUT2D eigenvalue weighted by Crippen LogP contribution is -2.28. The molecule has 3 rings (SSSR count). The molecule has 3 heterocycles. The monoisotopic (exact) mass is 349 g/mol. The van der Waals surface area contributed by atoms with Gasteiger partial charge in [0.1, 0.15) is 5.82 Å². The third-order valence-electron chi connectivity index (χ3n) is 4.10. The van der Waals surface area contributed by atoms with Gasteiger partial charge in [-0.25, -0.2) is 4.98 Å². The maximum absolute atomic E-state index is 4.61. The minimum Gasteiger partial charge on any atom is -0.317 e. The zero-order valence-corrected chi connectivity index (χ0v) is 15.3. The predicted octanol–water partition coefficient (Wildman–Crippen LogP) is 3.30. The summed E-state index contributed by atoms with van der Waals surface area (Å²) in [5, 5.41) is 14.5. The average molecular weight is 350 g/mol. The maximum Gasteiger partial charge on any atom is 0.191 e. The molecule has 7 heteroatoms. The molecule has 124 valence electrons. The van der Waals surface area contributed by atoms with E-state index in [9.17, 15) is 0 Å². The molecule has 1 saturated heterocycles. The van der Waals surface area contributed by atoms with Gasteiger partial charge in [0, 0.05) is 23.1 Å². The van der Waals surface area contributed by atoms with E-state index in [1.54, 1.807) is 23.1 Å². The summed E-state index contributed by atoms with van der Waals surface area (Å²) in [6.45, 7) is 11.0. The van der Waals surface area contributed by atoms with Crippen LogP contribution in [-0.4, -0.2) is 32.8 Å². The van der Waals surface area contributed by atoms with E-state index in [2.05, 4.69) is 45.5 Å². The number of thioether (sulfide) groups is 1. The minimum atomic E-state index is 0.501. The Morgan fingerprint density at radius 1 is 1.35 bits per heavy atom. The normalized spacial score (nSPS) is 15.9. The van der Waals surface area contributed by atoms with Crippen LogP contribution in [0.1, 0.15) is 40.2 Å². The molecule has 2 aromatic heterocycles. The van der Waals surface area contributed by atoms with Crippen molar-refractivity contribution >= 4 is 23.1 Å². The molecule has 23 heavy (non-hydrogen) atoms. The zero-order valence-electron chi connectivity index (χ0n) is 13.7. The molecular formula is C16H23N5S2. The topological polar surface area (TPSA) is 55.6 Å². The summed E-state index contributed by atoms with van der Waals surface area (Å²) in [5.41, 5.74) is 1.16. The van der Waals surface area contributed by atoms with Crippen LogP contribution in [-0.2, 0) is 12.3 Å². The standard InChI is InChI=1S/C16H23N5S2/c1-4-9-21-15(13-5-7-17-8-6-13)19-20-16(21)22-10-14-11(2)23-12(3)18-14/h4,13,17H,1,5-10H2,2-3H3. The molecule has 1 aliphatic rings. The van der Waals surface area contributed by atoms with Crippen LogP contribution in [0.25, 0.3) is 0 Å². The predicted molar refractivity (Wildman–Crippen MR) is 96.2 cm³/mol. The average Bonchev–Trinajstić information content (AvgIpc) is 3.09. The summed E-state index contributed by atoms with van der Waals surface area (Å²) in [4.78, 5) is 5.90. The Bertz CT molecular complexity index is 670. The number of piperidine rings is 1. The van der Waals surface area contributed by atoms with Gasteiger partial charge < -0.3 is 9.88 Å². The van der Waals surface area contributed by atoms with Gasteiger partial charge in [-0.1, -0.05) is 17.8 Å². The molecule has 0 bridgehead atoms. The van der Waals surface area contributed by atoms with Gasteiger partial charge in [-0.2, -0.15) is 0 Å². The van der Waals surface area contributed by atoms with E-state index in [1.807, 2.05) is 6.08 Å². The lowest BCUT2D eigenvalue weighted by atomic mass is 9.97. The van der Waals surface area contributed by atoms with Crippen LogP contribution in [0.4, 0.5) is 0 Å². The van der Waals surface area contributed by atoms with E-state index < -0.39 is 0 Å². The second-order valence-corrected chi connectivity index (χ2v) is 8.14. The van der Waals surface area contributed by atoms with Gasteiger partial charge in [-0.05, 0) is 39.8 Å². The third-order valence-corrected chi connectivity index (χ3v) is 6.01. The molecule has 1 fully saturated rings. The van der Waals surface area contributed by atoms with E-state index >= 15 is 0 Å². The molecule has 5 nitrogen and oxygen atoms in total. The fraction of sp³-hybridized carbons (Fsp3) is 0.562. The number of rotatable bonds is 6. The molecule has 0 aliphatic carbocycles. The Hall–Kier alpha value is -1.18. The van der Waals surface area contributed by atoms with E-state index in [1.165, 1.54) is 4.88 Å². The third kappa shape index (κ3) is 3.84. The highest BCUT2D eigenvalue weighted by Gasteiger charge is 2.23. The Morgan fingerprint density at radius 2 is 2.13 bits per heavy atom. The largest absolute Gasteiger partial charge is 0.317 e. The fourth-order valence-electron chi connectivity index (χ4n) is 2.93. The highest BCUT2D eigenvalue weighted by molar-refractivity contribution is 7.98. The fourth-order valence-corrected chi connectivity index (χ4v) is 4.82. The van der Waals surface area contributed by atoms with E-state index in [0.29, 0.717) is 5.92 Å². The SMILES string of the molecule is C=CCn1c(SCc2nc(C)sc2C)nnc1C1CCNCC1. The molecule has 0 atom stereocenters. The molecule has 0 unspecified atom stereocenters. The van der Waals surface area contributed by atoms with Crippen LogP contribution in [0.5, 0.6) is 0 Å². The summed E-state index contributed by atoms with van der Waals surface area (Å²) in [6.07, 6.45) is 4.19. The van der Waals surface area contributed by atoms with Crippen LogP contribution in [0.2, 0.25) is 0 Å². The molecule has 0 amide bonds. The Kier molecular flexibility index (Phi) is 5.50. The van der Waals surface area contributed by atoms with Crippen LogP contribution in [0.15, 0.2) is 17.8 Å². The van der Waals surface area contributed by atoms with E-state index in [-0.39, 0.29) is 0 Å². The first kappa shape index (κ1) is 16.7. The molecular weight excluding hydrogens is 326 g/mol. The Labute approximate surface area is 145 Å². The number of aromatic nitrogens is 4. The van der Waals surface area contributed by atoms with Crippen molar-refractivity contribution in [2.45, 2.75) is 50.1 Å². The second-order valence-electron chi connectivity index (χ2n) is 5.79. The molecule has 1 aliphatic heterocycles. The van der Waals surface area contributed by atoms with E-state index in [4.69, 9.17) is 0 Å². The van der Waals surface area contributed by atoms with Gasteiger partial charge in [0.15, 0.2) is 5.16 Å². The zero-order chi connectivity index (χ0) is 16.2. The lowest BCUT2D eigenvalue weighted by Gasteiger charge is -2.22. The summed E-state index contributed by atoms with van der Waals surface area (Å²) in [7, 11) is 0. The highest BCUT2D eigenvalue weighted by Crippen LogP contribution is 2.30. The lowest BCUT2D eigenvalue weighted by molar-refractivity contribution is 0.431. The first-order valence-electron chi connectivity index (χ1n) is 7.99. The van der Waals surface area contributed by atoms with Gasteiger partial charge in [0.25, 0.3) is 0 Å². The van der Waals surface area contributed by atoms with Crippen LogP contribution in [0, 0.1) is 13.8 Å². The van der Waals surface area contributed by atoms with Gasteiger partial charge >= 0.3 is 0 Å². The van der Waals surface area contributed by atoms with Crippen LogP contribution < -0.4 is 5.32 Å². The smallest absolute Gasteiger partial charge is 0.191 e.